The van der Waals surface area contributed by atoms with Crippen molar-refractivity contribution in [3.63, 3.8) is 0 Å². The molecule has 0 aliphatic carbocycles. The minimum atomic E-state index is 0.683. The lowest BCUT2D eigenvalue weighted by molar-refractivity contribution is 0.670. The van der Waals surface area contributed by atoms with E-state index in [0.717, 1.165) is 83.4 Å². The first-order valence-electron chi connectivity index (χ1n) is 18.7. The summed E-state index contributed by atoms with van der Waals surface area (Å²) in [5, 5.41) is 4.79. The molecule has 0 saturated heterocycles. The molecule has 11 aromatic rings. The van der Waals surface area contributed by atoms with Gasteiger partial charge in [0.2, 0.25) is 0 Å². The molecular weight excluding hydrogens is 703 g/mol. The summed E-state index contributed by atoms with van der Waals surface area (Å²) in [6.45, 7) is 0. The van der Waals surface area contributed by atoms with Gasteiger partial charge in [-0.1, -0.05) is 127 Å². The minimum Gasteiger partial charge on any atom is -0.455 e. The highest BCUT2D eigenvalue weighted by atomic mass is 32.1. The monoisotopic (exact) mass is 733 g/mol. The van der Waals surface area contributed by atoms with E-state index in [0.29, 0.717) is 5.82 Å². The zero-order valence-corrected chi connectivity index (χ0v) is 30.9. The molecule has 0 fully saturated rings. The topological polar surface area (TPSA) is 51.8 Å². The van der Waals surface area contributed by atoms with Gasteiger partial charge in [0.15, 0.2) is 5.82 Å². The maximum absolute atomic E-state index is 6.70. The number of fused-ring (bicyclic) bond motifs is 6. The summed E-state index contributed by atoms with van der Waals surface area (Å²) >= 11 is 1.84. The minimum absolute atomic E-state index is 0.683. The Bertz CT molecular complexity index is 3220. The number of thiophene rings is 1. The summed E-state index contributed by atoms with van der Waals surface area (Å²) in [4.78, 5) is 14.4. The highest BCUT2D eigenvalue weighted by molar-refractivity contribution is 7.25. The standard InChI is InChI=1S/C51H31N3OS/c1-2-8-35(9-3-1)44-31-45(54-51(53-44)37-20-14-32(15-21-37)33-26-28-52-29-27-33)36-18-16-34(17-19-36)39-23-24-40(50-49(39)42-11-4-6-12-46(42)55-50)38-22-25-48-43(30-38)41-10-5-7-13-47(41)56-48/h1-31H. The average Bonchev–Trinajstić information content (AvgIpc) is 3.85. The second-order valence-corrected chi connectivity index (χ2v) is 15.1. The zero-order chi connectivity index (χ0) is 37.0. The number of aromatic nitrogens is 3. The van der Waals surface area contributed by atoms with Crippen molar-refractivity contribution in [1.29, 1.82) is 0 Å². The van der Waals surface area contributed by atoms with E-state index in [9.17, 15) is 0 Å². The van der Waals surface area contributed by atoms with Crippen molar-refractivity contribution in [2.45, 2.75) is 0 Å². The smallest absolute Gasteiger partial charge is 0.160 e. The second kappa shape index (κ2) is 13.3. The van der Waals surface area contributed by atoms with Crippen molar-refractivity contribution in [2.24, 2.45) is 0 Å². The summed E-state index contributed by atoms with van der Waals surface area (Å²) in [6.07, 6.45) is 3.63. The third-order valence-corrected chi connectivity index (χ3v) is 11.8. The fourth-order valence-corrected chi connectivity index (χ4v) is 8.93. The van der Waals surface area contributed by atoms with Crippen molar-refractivity contribution in [2.75, 3.05) is 0 Å². The van der Waals surface area contributed by atoms with Crippen molar-refractivity contribution in [3.05, 3.63) is 188 Å². The number of hydrogen-bond donors (Lipinski definition) is 0. The van der Waals surface area contributed by atoms with Crippen LogP contribution in [0.3, 0.4) is 0 Å². The Morgan fingerprint density at radius 2 is 0.982 bits per heavy atom. The summed E-state index contributed by atoms with van der Waals surface area (Å²) in [5.74, 6) is 0.683. The van der Waals surface area contributed by atoms with E-state index in [4.69, 9.17) is 14.4 Å². The van der Waals surface area contributed by atoms with Crippen molar-refractivity contribution >= 4 is 53.4 Å². The number of para-hydroxylation sites is 1. The first kappa shape index (κ1) is 32.2. The largest absolute Gasteiger partial charge is 0.455 e. The Balaban J connectivity index is 1.01. The Kier molecular flexibility index (Phi) is 7.64. The molecule has 0 aliphatic heterocycles. The van der Waals surface area contributed by atoms with Crippen LogP contribution >= 0.6 is 11.3 Å². The van der Waals surface area contributed by atoms with Gasteiger partial charge >= 0.3 is 0 Å². The van der Waals surface area contributed by atoms with Crippen LogP contribution in [0.5, 0.6) is 0 Å². The Hall–Kier alpha value is -7.21. The molecular formula is C51H31N3OS. The van der Waals surface area contributed by atoms with Crippen LogP contribution < -0.4 is 0 Å². The first-order chi connectivity index (χ1) is 27.7. The van der Waals surface area contributed by atoms with Crippen molar-refractivity contribution < 1.29 is 4.42 Å². The number of nitrogens with zero attached hydrogens (tertiary/aromatic N) is 3. The van der Waals surface area contributed by atoms with Gasteiger partial charge in [-0.15, -0.1) is 11.3 Å². The highest BCUT2D eigenvalue weighted by Gasteiger charge is 2.19. The van der Waals surface area contributed by atoms with E-state index in [1.807, 2.05) is 60.1 Å². The summed E-state index contributed by atoms with van der Waals surface area (Å²) < 4.78 is 9.29. The number of hydrogen-bond acceptors (Lipinski definition) is 5. The summed E-state index contributed by atoms with van der Waals surface area (Å²) in [5.41, 5.74) is 13.3. The molecule has 0 bridgehead atoms. The molecule has 4 heterocycles. The molecule has 262 valence electrons. The Labute approximate surface area is 327 Å². The normalized spacial score (nSPS) is 11.6. The molecule has 0 amide bonds. The molecule has 0 unspecified atom stereocenters. The van der Waals surface area contributed by atoms with E-state index < -0.39 is 0 Å². The molecule has 7 aromatic carbocycles. The zero-order valence-electron chi connectivity index (χ0n) is 30.1. The van der Waals surface area contributed by atoms with Crippen LogP contribution in [0.25, 0.3) is 109 Å². The molecule has 4 nitrogen and oxygen atoms in total. The van der Waals surface area contributed by atoms with Gasteiger partial charge in [0.25, 0.3) is 0 Å². The van der Waals surface area contributed by atoms with Gasteiger partial charge in [-0.2, -0.15) is 0 Å². The summed E-state index contributed by atoms with van der Waals surface area (Å²) in [6, 6.07) is 61.8. The SMILES string of the molecule is c1ccc(-c2cc(-c3ccc(-c4ccc(-c5ccc6sc7ccccc7c6c5)c5oc6ccccc6c45)cc3)nc(-c3ccc(-c4ccncc4)cc3)n2)cc1. The van der Waals surface area contributed by atoms with E-state index >= 15 is 0 Å². The van der Waals surface area contributed by atoms with E-state index in [1.165, 1.54) is 20.2 Å². The van der Waals surface area contributed by atoms with Crippen LogP contribution in [0, 0.1) is 0 Å². The van der Waals surface area contributed by atoms with Gasteiger partial charge in [0, 0.05) is 65.6 Å². The molecule has 0 N–H and O–H groups in total. The average molecular weight is 734 g/mol. The fourth-order valence-electron chi connectivity index (χ4n) is 7.85. The molecule has 11 rings (SSSR count). The molecule has 0 saturated carbocycles. The van der Waals surface area contributed by atoms with Gasteiger partial charge in [-0.05, 0) is 76.3 Å². The Morgan fingerprint density at radius 3 is 1.79 bits per heavy atom. The quantitative estimate of drug-likeness (QED) is 0.171. The van der Waals surface area contributed by atoms with Crippen LogP contribution in [0.4, 0.5) is 0 Å². The molecule has 0 spiro atoms. The maximum atomic E-state index is 6.70. The molecule has 4 aromatic heterocycles. The van der Waals surface area contributed by atoms with Crippen LogP contribution in [-0.2, 0) is 0 Å². The van der Waals surface area contributed by atoms with Gasteiger partial charge in [0.05, 0.1) is 11.4 Å². The van der Waals surface area contributed by atoms with Gasteiger partial charge in [-0.3, -0.25) is 4.98 Å². The fraction of sp³-hybridized carbons (Fsp3) is 0. The third kappa shape index (κ3) is 5.56. The number of benzene rings is 7. The van der Waals surface area contributed by atoms with E-state index in [1.54, 1.807) is 0 Å². The van der Waals surface area contributed by atoms with Crippen molar-refractivity contribution in [3.8, 4) is 67.3 Å². The Morgan fingerprint density at radius 1 is 0.393 bits per heavy atom. The van der Waals surface area contributed by atoms with Crippen LogP contribution in [-0.4, -0.2) is 15.0 Å². The predicted molar refractivity (Wildman–Crippen MR) is 233 cm³/mol. The van der Waals surface area contributed by atoms with Gasteiger partial charge < -0.3 is 4.42 Å². The lowest BCUT2D eigenvalue weighted by Gasteiger charge is -2.12. The lowest BCUT2D eigenvalue weighted by atomic mass is 9.93. The number of rotatable bonds is 6. The van der Waals surface area contributed by atoms with Crippen LogP contribution in [0.2, 0.25) is 0 Å². The molecule has 5 heteroatoms. The van der Waals surface area contributed by atoms with Gasteiger partial charge in [-0.25, -0.2) is 9.97 Å². The first-order valence-corrected chi connectivity index (χ1v) is 19.5. The van der Waals surface area contributed by atoms with E-state index in [2.05, 4.69) is 145 Å². The number of furan rings is 1. The molecule has 56 heavy (non-hydrogen) atoms. The van der Waals surface area contributed by atoms with Crippen LogP contribution in [0.1, 0.15) is 0 Å². The third-order valence-electron chi connectivity index (χ3n) is 10.7. The predicted octanol–water partition coefficient (Wildman–Crippen LogP) is 14.1. The molecule has 0 atom stereocenters. The van der Waals surface area contributed by atoms with Crippen molar-refractivity contribution in [1.82, 2.24) is 15.0 Å². The molecule has 0 aliphatic rings. The molecule has 0 radical (unpaired) electrons. The van der Waals surface area contributed by atoms with Crippen LogP contribution in [0.15, 0.2) is 193 Å². The van der Waals surface area contributed by atoms with E-state index in [-0.39, 0.29) is 0 Å². The van der Waals surface area contributed by atoms with Gasteiger partial charge in [0.1, 0.15) is 11.2 Å². The second-order valence-electron chi connectivity index (χ2n) is 14.0. The maximum Gasteiger partial charge on any atom is 0.160 e. The lowest BCUT2D eigenvalue weighted by Crippen LogP contribution is -1.96. The summed E-state index contributed by atoms with van der Waals surface area (Å²) in [7, 11) is 0. The highest BCUT2D eigenvalue weighted by Crippen LogP contribution is 2.44. The number of pyridine rings is 1.